The fourth-order valence-corrected chi connectivity index (χ4v) is 3.27. The SMILES string of the molecule is NCc1ccc(C(=O)NCc2cccc(NC(=O)C3CCCC3)c2)cc1. The number of anilines is 1. The molecule has 1 aliphatic rings. The van der Waals surface area contributed by atoms with Gasteiger partial charge in [0.15, 0.2) is 0 Å². The first-order valence-electron chi connectivity index (χ1n) is 9.13. The van der Waals surface area contributed by atoms with E-state index in [1.807, 2.05) is 36.4 Å². The Morgan fingerprint density at radius 1 is 1.00 bits per heavy atom. The molecule has 3 rings (SSSR count). The van der Waals surface area contributed by atoms with Gasteiger partial charge < -0.3 is 16.4 Å². The van der Waals surface area contributed by atoms with Gasteiger partial charge in [0.25, 0.3) is 5.91 Å². The van der Waals surface area contributed by atoms with Gasteiger partial charge in [-0.15, -0.1) is 0 Å². The Morgan fingerprint density at radius 3 is 2.42 bits per heavy atom. The lowest BCUT2D eigenvalue weighted by atomic mass is 10.1. The fourth-order valence-electron chi connectivity index (χ4n) is 3.27. The van der Waals surface area contributed by atoms with Crippen molar-refractivity contribution in [2.45, 2.75) is 38.8 Å². The van der Waals surface area contributed by atoms with Crippen LogP contribution in [0.4, 0.5) is 5.69 Å². The molecule has 0 aliphatic heterocycles. The predicted octanol–water partition coefficient (Wildman–Crippen LogP) is 3.20. The van der Waals surface area contributed by atoms with Crippen LogP contribution < -0.4 is 16.4 Å². The average molecular weight is 351 g/mol. The van der Waals surface area contributed by atoms with E-state index in [-0.39, 0.29) is 17.7 Å². The number of carbonyl (C=O) groups excluding carboxylic acids is 2. The highest BCUT2D eigenvalue weighted by atomic mass is 16.2. The van der Waals surface area contributed by atoms with Gasteiger partial charge in [-0.25, -0.2) is 0 Å². The zero-order valence-electron chi connectivity index (χ0n) is 14.8. The summed E-state index contributed by atoms with van der Waals surface area (Å²) in [4.78, 5) is 24.5. The van der Waals surface area contributed by atoms with Crippen molar-refractivity contribution in [1.29, 1.82) is 0 Å². The molecule has 0 heterocycles. The monoisotopic (exact) mass is 351 g/mol. The van der Waals surface area contributed by atoms with Crippen molar-refractivity contribution >= 4 is 17.5 Å². The van der Waals surface area contributed by atoms with Crippen molar-refractivity contribution in [3.63, 3.8) is 0 Å². The van der Waals surface area contributed by atoms with Crippen LogP contribution in [0, 0.1) is 5.92 Å². The molecule has 0 bridgehead atoms. The van der Waals surface area contributed by atoms with Crippen molar-refractivity contribution in [3.05, 3.63) is 65.2 Å². The second-order valence-corrected chi connectivity index (χ2v) is 6.75. The Bertz CT molecular complexity index is 765. The molecule has 0 aromatic heterocycles. The molecule has 0 unspecified atom stereocenters. The van der Waals surface area contributed by atoms with Crippen LogP contribution in [0.2, 0.25) is 0 Å². The fraction of sp³-hybridized carbons (Fsp3) is 0.333. The third-order valence-corrected chi connectivity index (χ3v) is 4.83. The van der Waals surface area contributed by atoms with Crippen LogP contribution in [0.15, 0.2) is 48.5 Å². The van der Waals surface area contributed by atoms with Crippen molar-refractivity contribution in [1.82, 2.24) is 5.32 Å². The molecule has 1 aliphatic carbocycles. The van der Waals surface area contributed by atoms with Crippen molar-refractivity contribution in [2.24, 2.45) is 11.7 Å². The third-order valence-electron chi connectivity index (χ3n) is 4.83. The Balaban J connectivity index is 1.56. The second kappa shape index (κ2) is 8.63. The normalized spacial score (nSPS) is 14.2. The van der Waals surface area contributed by atoms with Gasteiger partial charge in [0.2, 0.25) is 5.91 Å². The van der Waals surface area contributed by atoms with Crippen molar-refractivity contribution in [3.8, 4) is 0 Å². The van der Waals surface area contributed by atoms with E-state index >= 15 is 0 Å². The van der Waals surface area contributed by atoms with E-state index in [1.54, 1.807) is 12.1 Å². The maximum absolute atomic E-state index is 12.2. The zero-order chi connectivity index (χ0) is 18.4. The molecule has 5 heteroatoms. The first-order valence-corrected chi connectivity index (χ1v) is 9.13. The smallest absolute Gasteiger partial charge is 0.251 e. The second-order valence-electron chi connectivity index (χ2n) is 6.75. The standard InChI is InChI=1S/C21H25N3O2/c22-13-15-8-10-18(11-9-15)20(25)23-14-16-4-3-7-19(12-16)24-21(26)17-5-1-2-6-17/h3-4,7-12,17H,1-2,5-6,13-14,22H2,(H,23,25)(H,24,26). The highest BCUT2D eigenvalue weighted by Crippen LogP contribution is 2.26. The molecule has 2 aromatic rings. The summed E-state index contributed by atoms with van der Waals surface area (Å²) in [6.07, 6.45) is 4.22. The molecule has 0 saturated heterocycles. The predicted molar refractivity (Wildman–Crippen MR) is 103 cm³/mol. The Kier molecular flexibility index (Phi) is 6.02. The van der Waals surface area contributed by atoms with E-state index in [0.29, 0.717) is 18.7 Å². The first-order chi connectivity index (χ1) is 12.7. The minimum atomic E-state index is -0.131. The average Bonchev–Trinajstić information content (AvgIpc) is 3.21. The number of rotatable bonds is 6. The van der Waals surface area contributed by atoms with E-state index in [0.717, 1.165) is 42.5 Å². The Morgan fingerprint density at radius 2 is 1.73 bits per heavy atom. The molecule has 136 valence electrons. The van der Waals surface area contributed by atoms with Crippen LogP contribution in [-0.4, -0.2) is 11.8 Å². The van der Waals surface area contributed by atoms with Crippen LogP contribution in [0.1, 0.15) is 47.2 Å². The lowest BCUT2D eigenvalue weighted by Crippen LogP contribution is -2.23. The van der Waals surface area contributed by atoms with E-state index < -0.39 is 0 Å². The molecule has 2 amide bonds. The van der Waals surface area contributed by atoms with Gasteiger partial charge in [0.1, 0.15) is 0 Å². The van der Waals surface area contributed by atoms with Crippen LogP contribution >= 0.6 is 0 Å². The van der Waals surface area contributed by atoms with Gasteiger partial charge in [-0.2, -0.15) is 0 Å². The van der Waals surface area contributed by atoms with Crippen molar-refractivity contribution < 1.29 is 9.59 Å². The van der Waals surface area contributed by atoms with E-state index in [4.69, 9.17) is 5.73 Å². The van der Waals surface area contributed by atoms with Crippen LogP contribution in [0.3, 0.4) is 0 Å². The lowest BCUT2D eigenvalue weighted by Gasteiger charge is -2.12. The maximum Gasteiger partial charge on any atom is 0.251 e. The van der Waals surface area contributed by atoms with Gasteiger partial charge in [-0.05, 0) is 48.2 Å². The maximum atomic E-state index is 12.2. The van der Waals surface area contributed by atoms with Gasteiger partial charge in [0.05, 0.1) is 0 Å². The molecular weight excluding hydrogens is 326 g/mol. The zero-order valence-corrected chi connectivity index (χ0v) is 14.8. The van der Waals surface area contributed by atoms with E-state index in [9.17, 15) is 9.59 Å². The summed E-state index contributed by atoms with van der Waals surface area (Å²) < 4.78 is 0. The van der Waals surface area contributed by atoms with E-state index in [2.05, 4.69) is 10.6 Å². The molecule has 26 heavy (non-hydrogen) atoms. The summed E-state index contributed by atoms with van der Waals surface area (Å²) in [6.45, 7) is 0.867. The molecule has 5 nitrogen and oxygen atoms in total. The lowest BCUT2D eigenvalue weighted by molar-refractivity contribution is -0.119. The van der Waals surface area contributed by atoms with Crippen molar-refractivity contribution in [2.75, 3.05) is 5.32 Å². The molecule has 2 aromatic carbocycles. The van der Waals surface area contributed by atoms with Crippen LogP contribution in [0.5, 0.6) is 0 Å². The van der Waals surface area contributed by atoms with Crippen LogP contribution in [-0.2, 0) is 17.9 Å². The molecule has 1 fully saturated rings. The molecule has 1 saturated carbocycles. The minimum Gasteiger partial charge on any atom is -0.348 e. The quantitative estimate of drug-likeness (QED) is 0.747. The molecule has 4 N–H and O–H groups in total. The molecule has 0 spiro atoms. The van der Waals surface area contributed by atoms with Gasteiger partial charge in [-0.1, -0.05) is 37.1 Å². The molecular formula is C21H25N3O2. The number of hydrogen-bond acceptors (Lipinski definition) is 3. The third kappa shape index (κ3) is 4.70. The highest BCUT2D eigenvalue weighted by molar-refractivity contribution is 5.94. The Hall–Kier alpha value is -2.66. The number of carbonyl (C=O) groups is 2. The Labute approximate surface area is 154 Å². The van der Waals surface area contributed by atoms with Crippen LogP contribution in [0.25, 0.3) is 0 Å². The summed E-state index contributed by atoms with van der Waals surface area (Å²) in [5, 5.41) is 5.90. The number of benzene rings is 2. The summed E-state index contributed by atoms with van der Waals surface area (Å²) in [5.41, 5.74) is 8.89. The summed E-state index contributed by atoms with van der Waals surface area (Å²) in [5.74, 6) is 0.104. The summed E-state index contributed by atoms with van der Waals surface area (Å²) >= 11 is 0. The number of nitrogens with one attached hydrogen (secondary N) is 2. The number of hydrogen-bond donors (Lipinski definition) is 3. The topological polar surface area (TPSA) is 84.2 Å². The summed E-state index contributed by atoms with van der Waals surface area (Å²) in [6, 6.07) is 14.9. The van der Waals surface area contributed by atoms with Gasteiger partial charge in [0, 0.05) is 30.3 Å². The minimum absolute atomic E-state index is 0.101. The number of amides is 2. The largest absolute Gasteiger partial charge is 0.348 e. The van der Waals surface area contributed by atoms with E-state index in [1.165, 1.54) is 0 Å². The molecule has 0 atom stereocenters. The van der Waals surface area contributed by atoms with Gasteiger partial charge in [-0.3, -0.25) is 9.59 Å². The number of nitrogens with two attached hydrogens (primary N) is 1. The molecule has 0 radical (unpaired) electrons. The highest BCUT2D eigenvalue weighted by Gasteiger charge is 2.22. The van der Waals surface area contributed by atoms with Gasteiger partial charge >= 0.3 is 0 Å². The summed E-state index contributed by atoms with van der Waals surface area (Å²) in [7, 11) is 0. The first kappa shape index (κ1) is 18.1.